The van der Waals surface area contributed by atoms with Crippen molar-refractivity contribution in [2.75, 3.05) is 6.54 Å². The SMILES string of the molecule is C[C@H](NCCC(=O)NC1CCCCC1)C(=O)O. The maximum atomic E-state index is 11.6. The molecule has 3 N–H and O–H groups in total. The van der Waals surface area contributed by atoms with E-state index < -0.39 is 12.0 Å². The van der Waals surface area contributed by atoms with Gasteiger partial charge >= 0.3 is 5.97 Å². The predicted octanol–water partition coefficient (Wildman–Crippen LogP) is 0.888. The molecular weight excluding hydrogens is 220 g/mol. The fourth-order valence-electron chi connectivity index (χ4n) is 2.04. The normalized spacial score (nSPS) is 18.6. The molecule has 0 aromatic rings. The lowest BCUT2D eigenvalue weighted by atomic mass is 9.95. The summed E-state index contributed by atoms with van der Waals surface area (Å²) in [5.74, 6) is -0.875. The van der Waals surface area contributed by atoms with Gasteiger partial charge in [-0.15, -0.1) is 0 Å². The molecule has 1 aliphatic carbocycles. The van der Waals surface area contributed by atoms with E-state index in [9.17, 15) is 9.59 Å². The highest BCUT2D eigenvalue weighted by molar-refractivity contribution is 5.76. The summed E-state index contributed by atoms with van der Waals surface area (Å²) in [6.07, 6.45) is 6.14. The summed E-state index contributed by atoms with van der Waals surface area (Å²) in [6.45, 7) is 1.98. The third-order valence-electron chi connectivity index (χ3n) is 3.14. The number of hydrogen-bond donors (Lipinski definition) is 3. The number of carboxylic acid groups (broad SMARTS) is 1. The van der Waals surface area contributed by atoms with E-state index in [2.05, 4.69) is 10.6 Å². The molecule has 98 valence electrons. The van der Waals surface area contributed by atoms with Crippen LogP contribution in [-0.4, -0.2) is 35.6 Å². The molecule has 1 amide bonds. The Morgan fingerprint density at radius 1 is 1.29 bits per heavy atom. The predicted molar refractivity (Wildman–Crippen MR) is 64.7 cm³/mol. The summed E-state index contributed by atoms with van der Waals surface area (Å²) in [6, 6.07) is -0.273. The molecule has 5 heteroatoms. The first-order valence-corrected chi connectivity index (χ1v) is 6.35. The van der Waals surface area contributed by atoms with Crippen molar-refractivity contribution in [1.82, 2.24) is 10.6 Å². The summed E-state index contributed by atoms with van der Waals surface area (Å²) in [4.78, 5) is 22.1. The van der Waals surface area contributed by atoms with Crippen LogP contribution < -0.4 is 10.6 Å². The Labute approximate surface area is 102 Å². The zero-order valence-corrected chi connectivity index (χ0v) is 10.4. The largest absolute Gasteiger partial charge is 0.480 e. The smallest absolute Gasteiger partial charge is 0.320 e. The van der Waals surface area contributed by atoms with Crippen molar-refractivity contribution in [2.24, 2.45) is 0 Å². The van der Waals surface area contributed by atoms with Gasteiger partial charge in [-0.25, -0.2) is 0 Å². The van der Waals surface area contributed by atoms with Crippen molar-refractivity contribution < 1.29 is 14.7 Å². The van der Waals surface area contributed by atoms with Gasteiger partial charge < -0.3 is 15.7 Å². The van der Waals surface area contributed by atoms with Crippen LogP contribution in [0.3, 0.4) is 0 Å². The van der Waals surface area contributed by atoms with E-state index in [0.29, 0.717) is 19.0 Å². The zero-order valence-electron chi connectivity index (χ0n) is 10.4. The lowest BCUT2D eigenvalue weighted by molar-refractivity contribution is -0.139. The average molecular weight is 242 g/mol. The Balaban J connectivity index is 2.10. The van der Waals surface area contributed by atoms with Crippen LogP contribution in [0.25, 0.3) is 0 Å². The highest BCUT2D eigenvalue weighted by Gasteiger charge is 2.16. The van der Waals surface area contributed by atoms with Crippen LogP contribution in [-0.2, 0) is 9.59 Å². The summed E-state index contributed by atoms with van der Waals surface area (Å²) < 4.78 is 0. The van der Waals surface area contributed by atoms with Gasteiger partial charge in [0.15, 0.2) is 0 Å². The van der Waals surface area contributed by atoms with Gasteiger partial charge in [0.2, 0.25) is 5.91 Å². The quantitative estimate of drug-likeness (QED) is 0.646. The van der Waals surface area contributed by atoms with Crippen molar-refractivity contribution >= 4 is 11.9 Å². The zero-order chi connectivity index (χ0) is 12.7. The molecule has 0 bridgehead atoms. The van der Waals surface area contributed by atoms with Crippen LogP contribution >= 0.6 is 0 Å². The summed E-state index contributed by atoms with van der Waals surface area (Å²) >= 11 is 0. The van der Waals surface area contributed by atoms with Gasteiger partial charge in [-0.05, 0) is 19.8 Å². The molecule has 1 fully saturated rings. The Morgan fingerprint density at radius 3 is 2.53 bits per heavy atom. The molecule has 5 nitrogen and oxygen atoms in total. The molecule has 1 atom stereocenters. The summed E-state index contributed by atoms with van der Waals surface area (Å²) in [5.41, 5.74) is 0. The van der Waals surface area contributed by atoms with E-state index in [-0.39, 0.29) is 5.91 Å². The number of aliphatic carboxylic acids is 1. The first kappa shape index (κ1) is 14.0. The fraction of sp³-hybridized carbons (Fsp3) is 0.833. The van der Waals surface area contributed by atoms with Crippen LogP contribution in [0.15, 0.2) is 0 Å². The lowest BCUT2D eigenvalue weighted by Crippen LogP contribution is -2.40. The standard InChI is InChI=1S/C12H22N2O3/c1-9(12(16)17)13-8-7-11(15)14-10-5-3-2-4-6-10/h9-10,13H,2-8H2,1H3,(H,14,15)(H,16,17)/t9-/m0/s1. The number of carbonyl (C=O) groups excluding carboxylic acids is 1. The number of carboxylic acids is 1. The van der Waals surface area contributed by atoms with Crippen molar-refractivity contribution in [1.29, 1.82) is 0 Å². The third-order valence-corrected chi connectivity index (χ3v) is 3.14. The number of hydrogen-bond acceptors (Lipinski definition) is 3. The fourth-order valence-corrected chi connectivity index (χ4v) is 2.04. The van der Waals surface area contributed by atoms with Gasteiger partial charge in [0, 0.05) is 19.0 Å². The van der Waals surface area contributed by atoms with Crippen LogP contribution in [0.1, 0.15) is 45.4 Å². The van der Waals surface area contributed by atoms with Gasteiger partial charge in [-0.3, -0.25) is 9.59 Å². The molecule has 0 heterocycles. The van der Waals surface area contributed by atoms with Gasteiger partial charge in [0.25, 0.3) is 0 Å². The topological polar surface area (TPSA) is 78.4 Å². The van der Waals surface area contributed by atoms with Gasteiger partial charge in [0.1, 0.15) is 6.04 Å². The third kappa shape index (κ3) is 5.68. The minimum Gasteiger partial charge on any atom is -0.480 e. The lowest BCUT2D eigenvalue weighted by Gasteiger charge is -2.22. The highest BCUT2D eigenvalue weighted by atomic mass is 16.4. The van der Waals surface area contributed by atoms with Gasteiger partial charge in [-0.2, -0.15) is 0 Å². The summed E-state index contributed by atoms with van der Waals surface area (Å²) in [7, 11) is 0. The monoisotopic (exact) mass is 242 g/mol. The Hall–Kier alpha value is -1.10. The molecular formula is C12H22N2O3. The molecule has 0 radical (unpaired) electrons. The van der Waals surface area contributed by atoms with E-state index in [4.69, 9.17) is 5.11 Å². The van der Waals surface area contributed by atoms with Crippen LogP contribution in [0, 0.1) is 0 Å². The molecule has 1 rings (SSSR count). The minimum atomic E-state index is -0.891. The second kappa shape index (κ2) is 7.27. The second-order valence-electron chi connectivity index (χ2n) is 4.67. The van der Waals surface area contributed by atoms with E-state index in [1.165, 1.54) is 19.3 Å². The molecule has 0 spiro atoms. The maximum absolute atomic E-state index is 11.6. The van der Waals surface area contributed by atoms with Crippen LogP contribution in [0.5, 0.6) is 0 Å². The van der Waals surface area contributed by atoms with Crippen LogP contribution in [0.2, 0.25) is 0 Å². The highest BCUT2D eigenvalue weighted by Crippen LogP contribution is 2.17. The van der Waals surface area contributed by atoms with Crippen molar-refractivity contribution in [3.05, 3.63) is 0 Å². The Bertz CT molecular complexity index is 262. The molecule has 17 heavy (non-hydrogen) atoms. The number of carbonyl (C=O) groups is 2. The Morgan fingerprint density at radius 2 is 1.94 bits per heavy atom. The van der Waals surface area contributed by atoms with E-state index in [1.54, 1.807) is 6.92 Å². The maximum Gasteiger partial charge on any atom is 0.320 e. The van der Waals surface area contributed by atoms with Gasteiger partial charge in [0.05, 0.1) is 0 Å². The van der Waals surface area contributed by atoms with Crippen molar-refractivity contribution in [2.45, 2.75) is 57.5 Å². The molecule has 0 aromatic heterocycles. The molecule has 0 aliphatic heterocycles. The van der Waals surface area contributed by atoms with Crippen LogP contribution in [0.4, 0.5) is 0 Å². The number of rotatable bonds is 6. The average Bonchev–Trinajstić information content (AvgIpc) is 2.30. The molecule has 1 aliphatic rings. The first-order valence-electron chi connectivity index (χ1n) is 6.35. The molecule has 1 saturated carbocycles. The summed E-state index contributed by atoms with van der Waals surface area (Å²) in [5, 5.41) is 14.4. The first-order chi connectivity index (χ1) is 8.09. The number of nitrogens with one attached hydrogen (secondary N) is 2. The van der Waals surface area contributed by atoms with Crippen molar-refractivity contribution in [3.63, 3.8) is 0 Å². The minimum absolute atomic E-state index is 0.0157. The molecule has 0 unspecified atom stereocenters. The molecule has 0 saturated heterocycles. The van der Waals surface area contributed by atoms with E-state index in [1.807, 2.05) is 0 Å². The second-order valence-corrected chi connectivity index (χ2v) is 4.67. The number of amides is 1. The van der Waals surface area contributed by atoms with Gasteiger partial charge in [-0.1, -0.05) is 19.3 Å². The molecule has 0 aromatic carbocycles. The van der Waals surface area contributed by atoms with E-state index in [0.717, 1.165) is 12.8 Å². The van der Waals surface area contributed by atoms with E-state index >= 15 is 0 Å². The van der Waals surface area contributed by atoms with Crippen molar-refractivity contribution in [3.8, 4) is 0 Å². The Kier molecular flexibility index (Phi) is 5.97.